The van der Waals surface area contributed by atoms with Crippen LogP contribution < -0.4 is 5.73 Å². The second-order valence-corrected chi connectivity index (χ2v) is 4.29. The molecule has 2 N–H and O–H groups in total. The molecule has 92 valence electrons. The minimum absolute atomic E-state index is 0.0451. The number of hydrogen-bond acceptors (Lipinski definition) is 3. The Balaban J connectivity index is 2.71. The molecule has 1 atom stereocenters. The van der Waals surface area contributed by atoms with Crippen LogP contribution >= 0.6 is 11.8 Å². The number of hydrogen-bond donors (Lipinski definition) is 1. The highest BCUT2D eigenvalue weighted by Gasteiger charge is 2.39. The molecule has 0 saturated heterocycles. The Labute approximate surface area is 99.4 Å². The van der Waals surface area contributed by atoms with Gasteiger partial charge in [-0.25, -0.2) is 4.39 Å². The van der Waals surface area contributed by atoms with E-state index >= 15 is 0 Å². The van der Waals surface area contributed by atoms with E-state index in [4.69, 9.17) is 11.0 Å². The molecule has 0 heterocycles. The first-order valence-electron chi connectivity index (χ1n) is 4.48. The number of nitrogen functional groups attached to an aromatic ring is 1. The van der Waals surface area contributed by atoms with Crippen molar-refractivity contribution < 1.29 is 17.6 Å². The summed E-state index contributed by atoms with van der Waals surface area (Å²) in [5, 5.41) is 8.36. The number of alkyl halides is 3. The van der Waals surface area contributed by atoms with Gasteiger partial charge in [0.05, 0.1) is 6.07 Å². The first kappa shape index (κ1) is 13.6. The molecule has 1 unspecified atom stereocenters. The van der Waals surface area contributed by atoms with E-state index in [1.807, 2.05) is 0 Å². The highest BCUT2D eigenvalue weighted by molar-refractivity contribution is 7.99. The smallest absolute Gasteiger partial charge is 0.399 e. The second kappa shape index (κ2) is 5.27. The Morgan fingerprint density at radius 2 is 2.06 bits per heavy atom. The van der Waals surface area contributed by atoms with Gasteiger partial charge in [0.1, 0.15) is 5.82 Å². The van der Waals surface area contributed by atoms with Gasteiger partial charge in [0.25, 0.3) is 0 Å². The molecule has 0 bridgehead atoms. The molecule has 0 aromatic heterocycles. The van der Waals surface area contributed by atoms with Gasteiger partial charge in [-0.05, 0) is 18.2 Å². The average Bonchev–Trinajstić information content (AvgIpc) is 2.19. The fraction of sp³-hybridized carbons (Fsp3) is 0.300. The van der Waals surface area contributed by atoms with Crippen LogP contribution in [-0.4, -0.2) is 11.9 Å². The van der Waals surface area contributed by atoms with Crippen LogP contribution in [0.5, 0.6) is 0 Å². The summed E-state index contributed by atoms with van der Waals surface area (Å²) in [6.45, 7) is 0. The minimum atomic E-state index is -4.59. The molecule has 1 rings (SSSR count). The van der Waals surface area contributed by atoms with E-state index in [0.717, 1.165) is 12.1 Å². The van der Waals surface area contributed by atoms with Crippen LogP contribution in [0, 0.1) is 23.1 Å². The van der Waals surface area contributed by atoms with Gasteiger partial charge in [0.2, 0.25) is 0 Å². The first-order valence-corrected chi connectivity index (χ1v) is 5.47. The Morgan fingerprint density at radius 3 is 2.53 bits per heavy atom. The molecular formula is C10H8F4N2S. The van der Waals surface area contributed by atoms with Crippen molar-refractivity contribution in [3.63, 3.8) is 0 Å². The van der Waals surface area contributed by atoms with Gasteiger partial charge >= 0.3 is 6.18 Å². The lowest BCUT2D eigenvalue weighted by atomic mass is 10.2. The summed E-state index contributed by atoms with van der Waals surface area (Å²) in [5.74, 6) is -3.33. The van der Waals surface area contributed by atoms with Crippen LogP contribution in [0.2, 0.25) is 0 Å². The molecule has 0 spiro atoms. The standard InChI is InChI=1S/C10H8F4N2S/c11-8-3-7(16)1-2-9(8)17-5-6(4-15)10(12,13)14/h1-3,6H,5,16H2. The highest BCUT2D eigenvalue weighted by Crippen LogP contribution is 2.32. The third-order valence-electron chi connectivity index (χ3n) is 1.91. The number of thioether (sulfide) groups is 1. The Morgan fingerprint density at radius 1 is 1.41 bits per heavy atom. The summed E-state index contributed by atoms with van der Waals surface area (Å²) in [6, 6.07) is 4.86. The maximum absolute atomic E-state index is 13.2. The number of halogens is 4. The monoisotopic (exact) mass is 264 g/mol. The number of benzene rings is 1. The number of rotatable bonds is 3. The van der Waals surface area contributed by atoms with E-state index < -0.39 is 23.7 Å². The van der Waals surface area contributed by atoms with Crippen molar-refractivity contribution in [2.24, 2.45) is 5.92 Å². The number of nitrogens with two attached hydrogens (primary N) is 1. The predicted molar refractivity (Wildman–Crippen MR) is 56.7 cm³/mol. The van der Waals surface area contributed by atoms with E-state index in [1.165, 1.54) is 12.1 Å². The van der Waals surface area contributed by atoms with E-state index in [2.05, 4.69) is 0 Å². The van der Waals surface area contributed by atoms with Crippen molar-refractivity contribution in [1.82, 2.24) is 0 Å². The van der Waals surface area contributed by atoms with Gasteiger partial charge in [-0.3, -0.25) is 0 Å². The van der Waals surface area contributed by atoms with Crippen LogP contribution in [0.15, 0.2) is 23.1 Å². The summed E-state index contributed by atoms with van der Waals surface area (Å²) in [4.78, 5) is 0.0451. The Hall–Kier alpha value is -1.42. The highest BCUT2D eigenvalue weighted by atomic mass is 32.2. The number of anilines is 1. The lowest BCUT2D eigenvalue weighted by Crippen LogP contribution is -2.23. The summed E-state index contributed by atoms with van der Waals surface area (Å²) >= 11 is 0.642. The van der Waals surface area contributed by atoms with Gasteiger partial charge < -0.3 is 5.73 Å². The maximum atomic E-state index is 13.2. The van der Waals surface area contributed by atoms with Crippen molar-refractivity contribution in [3.05, 3.63) is 24.0 Å². The molecule has 0 saturated carbocycles. The number of nitriles is 1. The molecule has 7 heteroatoms. The van der Waals surface area contributed by atoms with Crippen molar-refractivity contribution in [2.45, 2.75) is 11.1 Å². The van der Waals surface area contributed by atoms with E-state index in [-0.39, 0.29) is 10.6 Å². The molecule has 0 radical (unpaired) electrons. The van der Waals surface area contributed by atoms with Gasteiger partial charge in [-0.2, -0.15) is 18.4 Å². The topological polar surface area (TPSA) is 49.8 Å². The molecule has 1 aromatic carbocycles. The van der Waals surface area contributed by atoms with Gasteiger partial charge in [-0.15, -0.1) is 11.8 Å². The van der Waals surface area contributed by atoms with E-state index in [9.17, 15) is 17.6 Å². The fourth-order valence-corrected chi connectivity index (χ4v) is 1.98. The normalized spacial score (nSPS) is 13.1. The van der Waals surface area contributed by atoms with E-state index in [0.29, 0.717) is 11.8 Å². The van der Waals surface area contributed by atoms with Crippen LogP contribution in [0.25, 0.3) is 0 Å². The molecular weight excluding hydrogens is 256 g/mol. The summed E-state index contributed by atoms with van der Waals surface area (Å²) in [7, 11) is 0. The molecule has 0 fully saturated rings. The van der Waals surface area contributed by atoms with Crippen molar-refractivity contribution >= 4 is 17.4 Å². The SMILES string of the molecule is N#CC(CSc1ccc(N)cc1F)C(F)(F)F. The third-order valence-corrected chi connectivity index (χ3v) is 3.05. The molecule has 0 aliphatic carbocycles. The largest absolute Gasteiger partial charge is 0.405 e. The van der Waals surface area contributed by atoms with Crippen molar-refractivity contribution in [1.29, 1.82) is 5.26 Å². The van der Waals surface area contributed by atoms with Crippen molar-refractivity contribution in [2.75, 3.05) is 11.5 Å². The zero-order valence-corrected chi connectivity index (χ0v) is 9.28. The molecule has 0 amide bonds. The second-order valence-electron chi connectivity index (χ2n) is 3.22. The molecule has 17 heavy (non-hydrogen) atoms. The summed E-state index contributed by atoms with van der Waals surface area (Å²) in [5.41, 5.74) is 5.49. The quantitative estimate of drug-likeness (QED) is 0.518. The van der Waals surface area contributed by atoms with Gasteiger partial charge in [0.15, 0.2) is 5.92 Å². The third kappa shape index (κ3) is 3.82. The Bertz CT molecular complexity index is 439. The van der Waals surface area contributed by atoms with Crippen molar-refractivity contribution in [3.8, 4) is 6.07 Å². The van der Waals surface area contributed by atoms with Gasteiger partial charge in [-0.1, -0.05) is 0 Å². The molecule has 2 nitrogen and oxygen atoms in total. The summed E-state index contributed by atoms with van der Waals surface area (Å²) in [6.07, 6.45) is -4.59. The minimum Gasteiger partial charge on any atom is -0.399 e. The lowest BCUT2D eigenvalue weighted by molar-refractivity contribution is -0.152. The van der Waals surface area contributed by atoms with E-state index in [1.54, 1.807) is 0 Å². The maximum Gasteiger partial charge on any atom is 0.405 e. The predicted octanol–water partition coefficient (Wildman–Crippen LogP) is 3.20. The summed E-state index contributed by atoms with van der Waals surface area (Å²) < 4.78 is 50.0. The van der Waals surface area contributed by atoms with Crippen LogP contribution in [0.4, 0.5) is 23.2 Å². The fourth-order valence-electron chi connectivity index (χ4n) is 1.01. The Kier molecular flexibility index (Phi) is 4.23. The first-order chi connectivity index (χ1) is 7.84. The zero-order valence-electron chi connectivity index (χ0n) is 8.46. The molecule has 0 aliphatic heterocycles. The lowest BCUT2D eigenvalue weighted by Gasteiger charge is -2.12. The van der Waals surface area contributed by atoms with Crippen LogP contribution in [-0.2, 0) is 0 Å². The van der Waals surface area contributed by atoms with Crippen LogP contribution in [0.1, 0.15) is 0 Å². The zero-order chi connectivity index (χ0) is 13.1. The van der Waals surface area contributed by atoms with Crippen LogP contribution in [0.3, 0.4) is 0 Å². The number of nitrogens with zero attached hydrogens (tertiary/aromatic N) is 1. The molecule has 1 aromatic rings. The molecule has 0 aliphatic rings. The average molecular weight is 264 g/mol. The van der Waals surface area contributed by atoms with Gasteiger partial charge in [0, 0.05) is 16.3 Å².